The van der Waals surface area contributed by atoms with Gasteiger partial charge < -0.3 is 24.6 Å². The monoisotopic (exact) mass is 347 g/mol. The lowest BCUT2D eigenvalue weighted by atomic mass is 9.97. The number of morpholine rings is 1. The smallest absolute Gasteiger partial charge is 0.224 e. The van der Waals surface area contributed by atoms with E-state index in [9.17, 15) is 4.79 Å². The molecule has 1 amide bonds. The van der Waals surface area contributed by atoms with Crippen molar-refractivity contribution in [3.63, 3.8) is 0 Å². The van der Waals surface area contributed by atoms with Gasteiger partial charge in [-0.25, -0.2) is 0 Å². The van der Waals surface area contributed by atoms with E-state index in [1.165, 1.54) is 5.69 Å². The highest BCUT2D eigenvalue weighted by atomic mass is 16.5. The van der Waals surface area contributed by atoms with Crippen LogP contribution in [0, 0.1) is 0 Å². The Morgan fingerprint density at radius 1 is 1.32 bits per heavy atom. The van der Waals surface area contributed by atoms with Crippen LogP contribution in [-0.4, -0.2) is 68.9 Å². The molecule has 2 aliphatic heterocycles. The Hall–Kier alpha value is -1.79. The van der Waals surface area contributed by atoms with Crippen molar-refractivity contribution in [2.45, 2.75) is 31.8 Å². The first-order valence-corrected chi connectivity index (χ1v) is 9.00. The SMILES string of the molecule is COc1ccc(N2CCN(C(=O)C[C@H]3COCCN3)CC2(C)C)cc1. The summed E-state index contributed by atoms with van der Waals surface area (Å²) in [7, 11) is 1.68. The summed E-state index contributed by atoms with van der Waals surface area (Å²) in [5.41, 5.74) is 1.05. The fourth-order valence-electron chi connectivity index (χ4n) is 3.70. The molecule has 2 saturated heterocycles. The summed E-state index contributed by atoms with van der Waals surface area (Å²) >= 11 is 0. The molecule has 1 aromatic rings. The predicted octanol–water partition coefficient (Wildman–Crippen LogP) is 1.50. The number of anilines is 1. The predicted molar refractivity (Wildman–Crippen MR) is 98.2 cm³/mol. The molecule has 0 saturated carbocycles. The summed E-state index contributed by atoms with van der Waals surface area (Å²) < 4.78 is 10.7. The van der Waals surface area contributed by atoms with Crippen molar-refractivity contribution < 1.29 is 14.3 Å². The highest BCUT2D eigenvalue weighted by molar-refractivity contribution is 5.77. The lowest BCUT2D eigenvalue weighted by Gasteiger charge is -2.48. The van der Waals surface area contributed by atoms with Crippen molar-refractivity contribution in [1.82, 2.24) is 10.2 Å². The number of hydrogen-bond acceptors (Lipinski definition) is 5. The number of hydrogen-bond donors (Lipinski definition) is 1. The molecule has 6 nitrogen and oxygen atoms in total. The molecule has 25 heavy (non-hydrogen) atoms. The van der Waals surface area contributed by atoms with Crippen LogP contribution in [0.15, 0.2) is 24.3 Å². The van der Waals surface area contributed by atoms with Gasteiger partial charge >= 0.3 is 0 Å². The zero-order valence-corrected chi connectivity index (χ0v) is 15.5. The van der Waals surface area contributed by atoms with Crippen molar-refractivity contribution in [1.29, 1.82) is 0 Å². The van der Waals surface area contributed by atoms with Gasteiger partial charge in [-0.2, -0.15) is 0 Å². The first-order valence-electron chi connectivity index (χ1n) is 9.00. The molecule has 138 valence electrons. The summed E-state index contributed by atoms with van der Waals surface area (Å²) in [6.45, 7) is 8.89. The van der Waals surface area contributed by atoms with Gasteiger partial charge in [-0.3, -0.25) is 4.79 Å². The summed E-state index contributed by atoms with van der Waals surface area (Å²) in [4.78, 5) is 17.0. The van der Waals surface area contributed by atoms with Crippen LogP contribution >= 0.6 is 0 Å². The molecule has 0 aliphatic carbocycles. The molecule has 2 fully saturated rings. The van der Waals surface area contributed by atoms with Crippen molar-refractivity contribution in [2.24, 2.45) is 0 Å². The second-order valence-corrected chi connectivity index (χ2v) is 7.41. The van der Waals surface area contributed by atoms with E-state index in [0.29, 0.717) is 13.0 Å². The summed E-state index contributed by atoms with van der Waals surface area (Å²) in [5.74, 6) is 1.07. The van der Waals surface area contributed by atoms with Gasteiger partial charge in [0.2, 0.25) is 5.91 Å². The normalized spacial score (nSPS) is 23.4. The van der Waals surface area contributed by atoms with Crippen LogP contribution in [0.3, 0.4) is 0 Å². The van der Waals surface area contributed by atoms with Crippen molar-refractivity contribution in [3.05, 3.63) is 24.3 Å². The van der Waals surface area contributed by atoms with Gasteiger partial charge in [-0.15, -0.1) is 0 Å². The molecular weight excluding hydrogens is 318 g/mol. The number of piperazine rings is 1. The quantitative estimate of drug-likeness (QED) is 0.895. The van der Waals surface area contributed by atoms with Gasteiger partial charge in [0.25, 0.3) is 0 Å². The van der Waals surface area contributed by atoms with Gasteiger partial charge in [0, 0.05) is 44.3 Å². The Morgan fingerprint density at radius 3 is 2.68 bits per heavy atom. The van der Waals surface area contributed by atoms with Gasteiger partial charge in [0.15, 0.2) is 0 Å². The minimum Gasteiger partial charge on any atom is -0.497 e. The Morgan fingerprint density at radius 2 is 2.08 bits per heavy atom. The molecule has 1 atom stereocenters. The average Bonchev–Trinajstić information content (AvgIpc) is 2.62. The van der Waals surface area contributed by atoms with Crippen molar-refractivity contribution in [2.75, 3.05) is 51.4 Å². The number of amides is 1. The molecule has 2 heterocycles. The van der Waals surface area contributed by atoms with Crippen LogP contribution in [0.2, 0.25) is 0 Å². The van der Waals surface area contributed by atoms with E-state index < -0.39 is 0 Å². The molecule has 0 aromatic heterocycles. The third kappa shape index (κ3) is 4.25. The first kappa shape index (κ1) is 18.0. The van der Waals surface area contributed by atoms with Crippen LogP contribution in [0.1, 0.15) is 20.3 Å². The number of ether oxygens (including phenoxy) is 2. The van der Waals surface area contributed by atoms with E-state index in [4.69, 9.17) is 9.47 Å². The second kappa shape index (κ2) is 7.62. The summed E-state index contributed by atoms with van der Waals surface area (Å²) in [6, 6.07) is 8.28. The molecule has 0 bridgehead atoms. The van der Waals surface area contributed by atoms with Gasteiger partial charge in [-0.05, 0) is 38.1 Å². The largest absolute Gasteiger partial charge is 0.497 e. The summed E-state index contributed by atoms with van der Waals surface area (Å²) in [5, 5.41) is 3.36. The molecule has 0 spiro atoms. The maximum absolute atomic E-state index is 12.7. The lowest BCUT2D eigenvalue weighted by molar-refractivity contribution is -0.134. The zero-order chi connectivity index (χ0) is 17.9. The highest BCUT2D eigenvalue weighted by Gasteiger charge is 2.36. The Balaban J connectivity index is 1.61. The fraction of sp³-hybridized carbons (Fsp3) is 0.632. The van der Waals surface area contributed by atoms with Crippen LogP contribution < -0.4 is 15.0 Å². The van der Waals surface area contributed by atoms with E-state index in [1.807, 2.05) is 17.0 Å². The van der Waals surface area contributed by atoms with Crippen LogP contribution in [-0.2, 0) is 9.53 Å². The minimum absolute atomic E-state index is 0.112. The van der Waals surface area contributed by atoms with Crippen LogP contribution in [0.5, 0.6) is 5.75 Å². The fourth-order valence-corrected chi connectivity index (χ4v) is 3.70. The van der Waals surface area contributed by atoms with Crippen molar-refractivity contribution >= 4 is 11.6 Å². The van der Waals surface area contributed by atoms with E-state index >= 15 is 0 Å². The summed E-state index contributed by atoms with van der Waals surface area (Å²) in [6.07, 6.45) is 0.513. The van der Waals surface area contributed by atoms with Crippen LogP contribution in [0.25, 0.3) is 0 Å². The molecule has 1 N–H and O–H groups in total. The maximum Gasteiger partial charge on any atom is 0.224 e. The number of carbonyl (C=O) groups is 1. The standard InChI is InChI=1S/C19H29N3O3/c1-19(2)14-21(18(23)12-15-13-25-11-8-20-15)9-10-22(19)16-4-6-17(24-3)7-5-16/h4-7,15,20H,8-14H2,1-3H3/t15-/m0/s1. The lowest BCUT2D eigenvalue weighted by Crippen LogP contribution is -2.61. The Kier molecular flexibility index (Phi) is 5.49. The molecule has 2 aliphatic rings. The molecule has 0 radical (unpaired) electrons. The molecule has 0 unspecified atom stereocenters. The molecule has 1 aromatic carbocycles. The second-order valence-electron chi connectivity index (χ2n) is 7.41. The Labute approximate surface area is 150 Å². The number of carbonyl (C=O) groups excluding carboxylic acids is 1. The first-order chi connectivity index (χ1) is 12.0. The molecule has 6 heteroatoms. The van der Waals surface area contributed by atoms with Crippen LogP contribution in [0.4, 0.5) is 5.69 Å². The third-order valence-electron chi connectivity index (χ3n) is 5.06. The number of methoxy groups -OCH3 is 1. The highest BCUT2D eigenvalue weighted by Crippen LogP contribution is 2.29. The van der Waals surface area contributed by atoms with E-state index in [2.05, 4.69) is 36.2 Å². The zero-order valence-electron chi connectivity index (χ0n) is 15.5. The maximum atomic E-state index is 12.7. The van der Waals surface area contributed by atoms with Gasteiger partial charge in [-0.1, -0.05) is 0 Å². The number of benzene rings is 1. The number of nitrogens with zero attached hydrogens (tertiary/aromatic N) is 2. The molecule has 3 rings (SSSR count). The number of nitrogens with one attached hydrogen (secondary N) is 1. The average molecular weight is 347 g/mol. The molecular formula is C19H29N3O3. The topological polar surface area (TPSA) is 54.0 Å². The van der Waals surface area contributed by atoms with E-state index in [1.54, 1.807) is 7.11 Å². The van der Waals surface area contributed by atoms with E-state index in [0.717, 1.165) is 38.5 Å². The minimum atomic E-state index is -0.112. The van der Waals surface area contributed by atoms with Crippen molar-refractivity contribution in [3.8, 4) is 5.75 Å². The third-order valence-corrected chi connectivity index (χ3v) is 5.06. The van der Waals surface area contributed by atoms with E-state index in [-0.39, 0.29) is 17.5 Å². The number of rotatable bonds is 4. The Bertz CT molecular complexity index is 582. The van der Waals surface area contributed by atoms with Gasteiger partial charge in [0.1, 0.15) is 5.75 Å². The van der Waals surface area contributed by atoms with Gasteiger partial charge in [0.05, 0.1) is 25.9 Å².